The Morgan fingerprint density at radius 3 is 2.19 bits per heavy atom. The lowest BCUT2D eigenvalue weighted by Crippen LogP contribution is -2.14. The number of sulfone groups is 1. The van der Waals surface area contributed by atoms with E-state index in [1.807, 2.05) is 12.1 Å². The Kier molecular flexibility index (Phi) is 4.93. The Hall–Kier alpha value is -1.92. The Morgan fingerprint density at radius 2 is 1.62 bits per heavy atom. The van der Waals surface area contributed by atoms with Crippen LogP contribution >= 0.6 is 0 Å². The fourth-order valence-electron chi connectivity index (χ4n) is 1.75. The molecule has 0 amide bonds. The van der Waals surface area contributed by atoms with E-state index in [0.717, 1.165) is 17.7 Å². The van der Waals surface area contributed by atoms with E-state index in [1.54, 1.807) is 12.1 Å². The zero-order valence-corrected chi connectivity index (χ0v) is 12.1. The van der Waals surface area contributed by atoms with Crippen LogP contribution in [0.15, 0.2) is 53.4 Å². The maximum absolute atomic E-state index is 12.8. The number of hydrogen-bond acceptors (Lipinski definition) is 4. The molecule has 0 aliphatic rings. The number of hydrogen-bond donors (Lipinski definition) is 1. The van der Waals surface area contributed by atoms with E-state index in [0.29, 0.717) is 12.3 Å². The average molecular weight is 309 g/mol. The third kappa shape index (κ3) is 4.27. The van der Waals surface area contributed by atoms with Gasteiger partial charge < -0.3 is 10.5 Å². The smallest absolute Gasteiger partial charge is 0.181 e. The normalized spacial score (nSPS) is 11.3. The first kappa shape index (κ1) is 15.5. The minimum absolute atomic E-state index is 0.0294. The first-order valence-corrected chi connectivity index (χ1v) is 8.06. The van der Waals surface area contributed by atoms with Gasteiger partial charge in [0.2, 0.25) is 0 Å². The second-order valence-corrected chi connectivity index (χ2v) is 6.58. The van der Waals surface area contributed by atoms with Crippen molar-refractivity contribution in [1.29, 1.82) is 0 Å². The van der Waals surface area contributed by atoms with Gasteiger partial charge in [-0.05, 0) is 42.0 Å². The molecule has 0 aliphatic carbocycles. The van der Waals surface area contributed by atoms with Gasteiger partial charge in [-0.3, -0.25) is 0 Å². The van der Waals surface area contributed by atoms with E-state index in [2.05, 4.69) is 0 Å². The number of nitrogens with two attached hydrogens (primary N) is 1. The lowest BCUT2D eigenvalue weighted by atomic mass is 10.2. The predicted octanol–water partition coefficient (Wildman–Crippen LogP) is 2.14. The van der Waals surface area contributed by atoms with Crippen LogP contribution in [0.4, 0.5) is 4.39 Å². The first-order chi connectivity index (χ1) is 10.0. The van der Waals surface area contributed by atoms with Crippen LogP contribution in [0, 0.1) is 5.82 Å². The molecule has 21 heavy (non-hydrogen) atoms. The topological polar surface area (TPSA) is 69.4 Å². The molecule has 2 aromatic rings. The molecule has 0 bridgehead atoms. The third-order valence-electron chi connectivity index (χ3n) is 2.95. The second-order valence-electron chi connectivity index (χ2n) is 4.47. The monoisotopic (exact) mass is 309 g/mol. The SMILES string of the molecule is NCc1ccc(OCCS(=O)(=O)c2ccc(F)cc2)cc1. The molecule has 0 aliphatic heterocycles. The zero-order valence-electron chi connectivity index (χ0n) is 11.3. The summed E-state index contributed by atoms with van der Waals surface area (Å²) in [7, 11) is -3.47. The lowest BCUT2D eigenvalue weighted by molar-refractivity contribution is 0.341. The van der Waals surface area contributed by atoms with Crippen molar-refractivity contribution in [3.63, 3.8) is 0 Å². The highest BCUT2D eigenvalue weighted by atomic mass is 32.2. The van der Waals surface area contributed by atoms with E-state index in [4.69, 9.17) is 10.5 Å². The molecule has 0 heterocycles. The minimum Gasteiger partial charge on any atom is -0.493 e. The quantitative estimate of drug-likeness (QED) is 0.830. The van der Waals surface area contributed by atoms with E-state index in [9.17, 15) is 12.8 Å². The molecule has 0 radical (unpaired) electrons. The molecule has 0 atom stereocenters. The Balaban J connectivity index is 1.93. The summed E-state index contributed by atoms with van der Waals surface area (Å²) in [6.45, 7) is 0.473. The Labute approximate surface area is 123 Å². The molecule has 6 heteroatoms. The molecule has 2 N–H and O–H groups in total. The zero-order chi connectivity index (χ0) is 15.3. The number of ether oxygens (including phenoxy) is 1. The van der Waals surface area contributed by atoms with Crippen LogP contribution < -0.4 is 10.5 Å². The van der Waals surface area contributed by atoms with Gasteiger partial charge in [-0.25, -0.2) is 12.8 Å². The maximum Gasteiger partial charge on any atom is 0.181 e. The van der Waals surface area contributed by atoms with E-state index in [1.165, 1.54) is 12.1 Å². The standard InChI is InChI=1S/C15H16FNO3S/c16-13-3-7-15(8-4-13)21(18,19)10-9-20-14-5-1-12(11-17)2-6-14/h1-8H,9-11,17H2. The molecule has 0 spiro atoms. The van der Waals surface area contributed by atoms with Crippen LogP contribution in [-0.4, -0.2) is 20.8 Å². The highest BCUT2D eigenvalue weighted by Crippen LogP contribution is 2.14. The van der Waals surface area contributed by atoms with Gasteiger partial charge in [-0.15, -0.1) is 0 Å². The van der Waals surface area contributed by atoms with Gasteiger partial charge in [-0.1, -0.05) is 12.1 Å². The molecular formula is C15H16FNO3S. The van der Waals surface area contributed by atoms with Gasteiger partial charge in [0.25, 0.3) is 0 Å². The van der Waals surface area contributed by atoms with Crippen LogP contribution in [0.25, 0.3) is 0 Å². The van der Waals surface area contributed by atoms with E-state index >= 15 is 0 Å². The van der Waals surface area contributed by atoms with Gasteiger partial charge in [-0.2, -0.15) is 0 Å². The molecule has 0 saturated heterocycles. The van der Waals surface area contributed by atoms with Crippen molar-refractivity contribution in [3.8, 4) is 5.75 Å². The van der Waals surface area contributed by atoms with E-state index in [-0.39, 0.29) is 17.3 Å². The highest BCUT2D eigenvalue weighted by Gasteiger charge is 2.14. The minimum atomic E-state index is -3.47. The van der Waals surface area contributed by atoms with Crippen molar-refractivity contribution < 1.29 is 17.5 Å². The van der Waals surface area contributed by atoms with Gasteiger partial charge in [0, 0.05) is 6.54 Å². The summed E-state index contributed by atoms with van der Waals surface area (Å²) >= 11 is 0. The summed E-state index contributed by atoms with van der Waals surface area (Å²) in [5.74, 6) is -0.0521. The van der Waals surface area contributed by atoms with Gasteiger partial charge in [0.1, 0.15) is 18.2 Å². The number of rotatable bonds is 6. The van der Waals surface area contributed by atoms with Crippen molar-refractivity contribution in [2.75, 3.05) is 12.4 Å². The van der Waals surface area contributed by atoms with Crippen LogP contribution in [0.3, 0.4) is 0 Å². The summed E-state index contributed by atoms with van der Waals surface area (Å²) < 4.78 is 42.2. The van der Waals surface area contributed by atoms with Crippen LogP contribution in [0.1, 0.15) is 5.56 Å². The highest BCUT2D eigenvalue weighted by molar-refractivity contribution is 7.91. The molecule has 0 fully saturated rings. The summed E-state index contributed by atoms with van der Waals surface area (Å²) in [6.07, 6.45) is 0. The average Bonchev–Trinajstić information content (AvgIpc) is 2.48. The maximum atomic E-state index is 12.8. The van der Waals surface area contributed by atoms with Crippen molar-refractivity contribution in [1.82, 2.24) is 0 Å². The molecule has 0 unspecified atom stereocenters. The molecular weight excluding hydrogens is 293 g/mol. The molecule has 2 rings (SSSR count). The first-order valence-electron chi connectivity index (χ1n) is 6.41. The molecule has 0 saturated carbocycles. The molecule has 0 aromatic heterocycles. The van der Waals surface area contributed by atoms with Gasteiger partial charge in [0.15, 0.2) is 9.84 Å². The van der Waals surface area contributed by atoms with Crippen molar-refractivity contribution in [2.24, 2.45) is 5.73 Å². The summed E-state index contributed by atoms with van der Waals surface area (Å²) in [4.78, 5) is 0.0889. The summed E-state index contributed by atoms with van der Waals surface area (Å²) in [6, 6.07) is 11.9. The molecule has 112 valence electrons. The van der Waals surface area contributed by atoms with E-state index < -0.39 is 15.7 Å². The fraction of sp³-hybridized carbons (Fsp3) is 0.200. The fourth-order valence-corrected chi connectivity index (χ4v) is 2.84. The van der Waals surface area contributed by atoms with Gasteiger partial charge in [0.05, 0.1) is 10.6 Å². The summed E-state index contributed by atoms with van der Waals surface area (Å²) in [5.41, 5.74) is 6.46. The van der Waals surface area contributed by atoms with Crippen LogP contribution in [0.2, 0.25) is 0 Å². The van der Waals surface area contributed by atoms with Crippen molar-refractivity contribution in [3.05, 3.63) is 59.9 Å². The largest absolute Gasteiger partial charge is 0.493 e. The second kappa shape index (κ2) is 6.69. The summed E-state index contributed by atoms with van der Waals surface area (Å²) in [5, 5.41) is 0. The van der Waals surface area contributed by atoms with Crippen molar-refractivity contribution >= 4 is 9.84 Å². The van der Waals surface area contributed by atoms with Crippen molar-refractivity contribution in [2.45, 2.75) is 11.4 Å². The number of halogens is 1. The Bertz CT molecular complexity index is 682. The molecule has 4 nitrogen and oxygen atoms in total. The lowest BCUT2D eigenvalue weighted by Gasteiger charge is -2.08. The molecule has 2 aromatic carbocycles. The number of benzene rings is 2. The van der Waals surface area contributed by atoms with Gasteiger partial charge >= 0.3 is 0 Å². The Morgan fingerprint density at radius 1 is 1.00 bits per heavy atom. The van der Waals surface area contributed by atoms with Crippen LogP contribution in [-0.2, 0) is 16.4 Å². The van der Waals surface area contributed by atoms with Crippen LogP contribution in [0.5, 0.6) is 5.75 Å². The third-order valence-corrected chi connectivity index (χ3v) is 4.65. The predicted molar refractivity (Wildman–Crippen MR) is 78.3 cm³/mol.